The Morgan fingerprint density at radius 2 is 2.19 bits per heavy atom. The number of hydrogen-bond acceptors (Lipinski definition) is 4. The third kappa shape index (κ3) is 2.52. The molecule has 0 aliphatic carbocycles. The van der Waals surface area contributed by atoms with E-state index in [1.165, 1.54) is 0 Å². The Hall–Kier alpha value is -1.91. The van der Waals surface area contributed by atoms with Crippen molar-refractivity contribution in [3.8, 4) is 0 Å². The first-order valence-corrected chi connectivity index (χ1v) is 7.69. The molecule has 1 saturated heterocycles. The fraction of sp³-hybridized carbons (Fsp3) is 0.562. The second-order valence-corrected chi connectivity index (χ2v) is 6.12. The number of nitrogens with zero attached hydrogens (tertiary/aromatic N) is 4. The topological polar surface area (TPSA) is 50.5 Å². The predicted octanol–water partition coefficient (Wildman–Crippen LogP) is 2.80. The molecular weight excluding hydrogens is 264 g/mol. The van der Waals surface area contributed by atoms with E-state index in [1.54, 1.807) is 13.1 Å². The number of Topliss-reactive ketones (excluding diaryl/α,β-unsaturated/α-hetero) is 1. The van der Waals surface area contributed by atoms with Gasteiger partial charge in [-0.25, -0.2) is 9.50 Å². The van der Waals surface area contributed by atoms with Crippen LogP contribution in [-0.2, 0) is 4.79 Å². The van der Waals surface area contributed by atoms with Gasteiger partial charge in [0.25, 0.3) is 0 Å². The molecule has 0 spiro atoms. The Balaban J connectivity index is 2.08. The fourth-order valence-corrected chi connectivity index (χ4v) is 3.04. The van der Waals surface area contributed by atoms with Crippen LogP contribution in [0.2, 0.25) is 0 Å². The van der Waals surface area contributed by atoms with E-state index >= 15 is 0 Å². The second kappa shape index (κ2) is 5.47. The van der Waals surface area contributed by atoms with Crippen LogP contribution < -0.4 is 4.90 Å². The van der Waals surface area contributed by atoms with Crippen molar-refractivity contribution in [2.24, 2.45) is 0 Å². The Morgan fingerprint density at radius 3 is 2.90 bits per heavy atom. The molecule has 21 heavy (non-hydrogen) atoms. The molecule has 1 unspecified atom stereocenters. The SMILES string of the molecule is CC(=O)C1CCCCN1c1nccn2nc(C(C)C)cc12. The average molecular weight is 286 g/mol. The average Bonchev–Trinajstić information content (AvgIpc) is 2.91. The second-order valence-electron chi connectivity index (χ2n) is 6.12. The van der Waals surface area contributed by atoms with E-state index in [2.05, 4.69) is 34.9 Å². The summed E-state index contributed by atoms with van der Waals surface area (Å²) in [5.74, 6) is 1.49. The van der Waals surface area contributed by atoms with Gasteiger partial charge in [0.15, 0.2) is 11.6 Å². The number of rotatable bonds is 3. The molecule has 1 atom stereocenters. The van der Waals surface area contributed by atoms with Crippen LogP contribution in [0.25, 0.3) is 5.52 Å². The van der Waals surface area contributed by atoms with Gasteiger partial charge in [-0.2, -0.15) is 5.10 Å². The van der Waals surface area contributed by atoms with Gasteiger partial charge in [-0.3, -0.25) is 4.79 Å². The molecule has 0 amide bonds. The standard InChI is InChI=1S/C16H22N4O/c1-11(2)13-10-15-16(17-7-9-20(15)18-13)19-8-5-4-6-14(19)12(3)21/h7,9-11,14H,4-6,8H2,1-3H3. The molecule has 3 rings (SSSR count). The lowest BCUT2D eigenvalue weighted by Gasteiger charge is -2.35. The van der Waals surface area contributed by atoms with Crippen LogP contribution in [0, 0.1) is 0 Å². The number of fused-ring (bicyclic) bond motifs is 1. The summed E-state index contributed by atoms with van der Waals surface area (Å²) in [5, 5.41) is 4.60. The molecule has 2 aromatic rings. The van der Waals surface area contributed by atoms with Crippen molar-refractivity contribution in [1.82, 2.24) is 14.6 Å². The molecule has 5 heteroatoms. The van der Waals surface area contributed by atoms with Crippen LogP contribution in [-0.4, -0.2) is 33.0 Å². The van der Waals surface area contributed by atoms with E-state index in [1.807, 2.05) is 10.7 Å². The molecule has 0 N–H and O–H groups in total. The lowest BCUT2D eigenvalue weighted by Crippen LogP contribution is -2.44. The van der Waals surface area contributed by atoms with E-state index in [0.717, 1.165) is 42.8 Å². The first-order valence-electron chi connectivity index (χ1n) is 7.69. The van der Waals surface area contributed by atoms with Crippen molar-refractivity contribution < 1.29 is 4.79 Å². The third-order valence-corrected chi connectivity index (χ3v) is 4.22. The van der Waals surface area contributed by atoms with Gasteiger partial charge in [0.1, 0.15) is 5.52 Å². The first-order chi connectivity index (χ1) is 10.1. The molecule has 0 saturated carbocycles. The highest BCUT2D eigenvalue weighted by atomic mass is 16.1. The van der Waals surface area contributed by atoms with Crippen molar-refractivity contribution in [1.29, 1.82) is 0 Å². The summed E-state index contributed by atoms with van der Waals surface area (Å²) in [6, 6.07) is 2.05. The number of aromatic nitrogens is 3. The molecular formula is C16H22N4O. The molecule has 1 aliphatic rings. The highest BCUT2D eigenvalue weighted by Crippen LogP contribution is 2.28. The molecule has 0 bridgehead atoms. The predicted molar refractivity (Wildman–Crippen MR) is 82.7 cm³/mol. The van der Waals surface area contributed by atoms with Gasteiger partial charge in [0.2, 0.25) is 0 Å². The van der Waals surface area contributed by atoms with Gasteiger partial charge in [0, 0.05) is 18.9 Å². The number of carbonyl (C=O) groups is 1. The molecule has 1 aliphatic heterocycles. The summed E-state index contributed by atoms with van der Waals surface area (Å²) in [7, 11) is 0. The fourth-order valence-electron chi connectivity index (χ4n) is 3.04. The minimum absolute atomic E-state index is 0.0464. The lowest BCUT2D eigenvalue weighted by atomic mass is 9.99. The van der Waals surface area contributed by atoms with Crippen LogP contribution in [0.5, 0.6) is 0 Å². The summed E-state index contributed by atoms with van der Waals surface area (Å²) in [6.45, 7) is 6.83. The van der Waals surface area contributed by atoms with Crippen LogP contribution in [0.15, 0.2) is 18.5 Å². The normalized spacial score (nSPS) is 19.4. The van der Waals surface area contributed by atoms with Crippen LogP contribution >= 0.6 is 0 Å². The zero-order chi connectivity index (χ0) is 15.0. The van der Waals surface area contributed by atoms with Crippen molar-refractivity contribution in [3.63, 3.8) is 0 Å². The van der Waals surface area contributed by atoms with E-state index < -0.39 is 0 Å². The Morgan fingerprint density at radius 1 is 1.38 bits per heavy atom. The quantitative estimate of drug-likeness (QED) is 0.870. The molecule has 3 heterocycles. The molecule has 2 aromatic heterocycles. The van der Waals surface area contributed by atoms with Crippen LogP contribution in [0.1, 0.15) is 51.6 Å². The van der Waals surface area contributed by atoms with Gasteiger partial charge in [-0.05, 0) is 38.2 Å². The Labute approximate surface area is 125 Å². The number of ketones is 1. The molecule has 0 aromatic carbocycles. The maximum atomic E-state index is 11.9. The van der Waals surface area contributed by atoms with Gasteiger partial charge in [0.05, 0.1) is 11.7 Å². The monoisotopic (exact) mass is 286 g/mol. The summed E-state index contributed by atoms with van der Waals surface area (Å²) in [6.07, 6.45) is 6.78. The number of hydrogen-bond donors (Lipinski definition) is 0. The highest BCUT2D eigenvalue weighted by Gasteiger charge is 2.28. The van der Waals surface area contributed by atoms with Crippen LogP contribution in [0.4, 0.5) is 5.82 Å². The van der Waals surface area contributed by atoms with E-state index in [-0.39, 0.29) is 11.8 Å². The lowest BCUT2D eigenvalue weighted by molar-refractivity contribution is -0.118. The van der Waals surface area contributed by atoms with Crippen molar-refractivity contribution in [2.75, 3.05) is 11.4 Å². The Bertz CT molecular complexity index is 661. The van der Waals surface area contributed by atoms with Gasteiger partial charge < -0.3 is 4.90 Å². The van der Waals surface area contributed by atoms with E-state index in [9.17, 15) is 4.79 Å². The van der Waals surface area contributed by atoms with Crippen molar-refractivity contribution >= 4 is 17.1 Å². The van der Waals surface area contributed by atoms with Gasteiger partial charge in [-0.15, -0.1) is 0 Å². The molecule has 5 nitrogen and oxygen atoms in total. The van der Waals surface area contributed by atoms with E-state index in [0.29, 0.717) is 5.92 Å². The third-order valence-electron chi connectivity index (χ3n) is 4.22. The smallest absolute Gasteiger partial charge is 0.155 e. The number of piperidine rings is 1. The first kappa shape index (κ1) is 14.0. The largest absolute Gasteiger partial charge is 0.345 e. The summed E-state index contributed by atoms with van der Waals surface area (Å²) in [4.78, 5) is 18.6. The zero-order valence-corrected chi connectivity index (χ0v) is 12.9. The number of anilines is 1. The summed E-state index contributed by atoms with van der Waals surface area (Å²) >= 11 is 0. The molecule has 112 valence electrons. The Kier molecular flexibility index (Phi) is 3.66. The van der Waals surface area contributed by atoms with Crippen molar-refractivity contribution in [3.05, 3.63) is 24.2 Å². The zero-order valence-electron chi connectivity index (χ0n) is 12.9. The van der Waals surface area contributed by atoms with Gasteiger partial charge in [-0.1, -0.05) is 13.8 Å². The summed E-state index contributed by atoms with van der Waals surface area (Å²) in [5.41, 5.74) is 2.05. The summed E-state index contributed by atoms with van der Waals surface area (Å²) < 4.78 is 1.88. The van der Waals surface area contributed by atoms with Crippen molar-refractivity contribution in [2.45, 2.75) is 52.0 Å². The van der Waals surface area contributed by atoms with E-state index in [4.69, 9.17) is 0 Å². The highest BCUT2D eigenvalue weighted by molar-refractivity contribution is 5.86. The number of carbonyl (C=O) groups excluding carboxylic acids is 1. The maximum Gasteiger partial charge on any atom is 0.155 e. The molecule has 0 radical (unpaired) electrons. The maximum absolute atomic E-state index is 11.9. The molecule has 1 fully saturated rings. The van der Waals surface area contributed by atoms with Gasteiger partial charge >= 0.3 is 0 Å². The van der Waals surface area contributed by atoms with Crippen LogP contribution in [0.3, 0.4) is 0 Å². The minimum atomic E-state index is -0.0464. The minimum Gasteiger partial charge on any atom is -0.345 e.